The molecule has 112 valence electrons. The molecule has 23 heavy (non-hydrogen) atoms. The number of H-pyrrole nitrogens is 1. The number of benzene rings is 2. The van der Waals surface area contributed by atoms with E-state index in [-0.39, 0.29) is 0 Å². The summed E-state index contributed by atoms with van der Waals surface area (Å²) in [6.45, 7) is 0. The number of nitrogen functional groups attached to an aromatic ring is 1. The molecule has 5 heteroatoms. The summed E-state index contributed by atoms with van der Waals surface area (Å²) < 4.78 is 0. The van der Waals surface area contributed by atoms with E-state index >= 15 is 0 Å². The average molecular weight is 321 g/mol. The SMILES string of the molecule is Nc1nc2ccc(-c3ccc(-c4ccc(Cl)cc4)cn3)cc2[nH]1. The number of rotatable bonds is 2. The first-order valence-corrected chi connectivity index (χ1v) is 7.54. The van der Waals surface area contributed by atoms with E-state index in [1.807, 2.05) is 54.7 Å². The van der Waals surface area contributed by atoms with Crippen LogP contribution in [0.2, 0.25) is 5.02 Å². The molecule has 0 unspecified atom stereocenters. The molecular weight excluding hydrogens is 308 g/mol. The van der Waals surface area contributed by atoms with Crippen molar-refractivity contribution >= 4 is 28.6 Å². The first-order valence-electron chi connectivity index (χ1n) is 7.17. The van der Waals surface area contributed by atoms with Crippen LogP contribution in [0, 0.1) is 0 Å². The molecule has 0 aliphatic rings. The lowest BCUT2D eigenvalue weighted by molar-refractivity contribution is 1.33. The molecule has 2 aromatic carbocycles. The van der Waals surface area contributed by atoms with Gasteiger partial charge in [0.25, 0.3) is 0 Å². The minimum Gasteiger partial charge on any atom is -0.369 e. The fourth-order valence-corrected chi connectivity index (χ4v) is 2.69. The molecule has 0 bridgehead atoms. The molecule has 0 spiro atoms. The van der Waals surface area contributed by atoms with E-state index < -0.39 is 0 Å². The highest BCUT2D eigenvalue weighted by Gasteiger charge is 2.05. The van der Waals surface area contributed by atoms with Crippen LogP contribution in [-0.2, 0) is 0 Å². The van der Waals surface area contributed by atoms with Crippen molar-refractivity contribution in [2.45, 2.75) is 0 Å². The van der Waals surface area contributed by atoms with E-state index in [1.54, 1.807) is 0 Å². The highest BCUT2D eigenvalue weighted by atomic mass is 35.5. The smallest absolute Gasteiger partial charge is 0.198 e. The number of halogens is 1. The minimum absolute atomic E-state index is 0.420. The maximum atomic E-state index is 5.92. The number of imidazole rings is 1. The van der Waals surface area contributed by atoms with Gasteiger partial charge in [-0.3, -0.25) is 4.98 Å². The number of nitrogens with zero attached hydrogens (tertiary/aromatic N) is 2. The Kier molecular flexibility index (Phi) is 3.24. The van der Waals surface area contributed by atoms with Gasteiger partial charge in [-0.05, 0) is 35.9 Å². The fourth-order valence-electron chi connectivity index (χ4n) is 2.57. The summed E-state index contributed by atoms with van der Waals surface area (Å²) in [5.41, 5.74) is 11.5. The lowest BCUT2D eigenvalue weighted by atomic mass is 10.1. The number of hydrogen-bond acceptors (Lipinski definition) is 3. The van der Waals surface area contributed by atoms with Crippen molar-refractivity contribution < 1.29 is 0 Å². The fraction of sp³-hybridized carbons (Fsp3) is 0. The number of fused-ring (bicyclic) bond motifs is 1. The van der Waals surface area contributed by atoms with Crippen LogP contribution in [0.25, 0.3) is 33.4 Å². The first-order chi connectivity index (χ1) is 11.2. The topological polar surface area (TPSA) is 67.6 Å². The third kappa shape index (κ3) is 2.64. The third-order valence-electron chi connectivity index (χ3n) is 3.74. The molecule has 0 aliphatic heterocycles. The van der Waals surface area contributed by atoms with Crippen molar-refractivity contribution in [1.29, 1.82) is 0 Å². The van der Waals surface area contributed by atoms with E-state index in [0.717, 1.165) is 38.4 Å². The summed E-state index contributed by atoms with van der Waals surface area (Å²) in [5.74, 6) is 0.420. The molecule has 0 saturated carbocycles. The van der Waals surface area contributed by atoms with Crippen molar-refractivity contribution in [2.24, 2.45) is 0 Å². The summed E-state index contributed by atoms with van der Waals surface area (Å²) in [5, 5.41) is 0.727. The van der Waals surface area contributed by atoms with Crippen LogP contribution in [0.3, 0.4) is 0 Å². The van der Waals surface area contributed by atoms with E-state index in [9.17, 15) is 0 Å². The molecule has 4 rings (SSSR count). The summed E-state index contributed by atoms with van der Waals surface area (Å²) >= 11 is 5.92. The third-order valence-corrected chi connectivity index (χ3v) is 3.99. The summed E-state index contributed by atoms with van der Waals surface area (Å²) in [4.78, 5) is 11.8. The predicted molar refractivity (Wildman–Crippen MR) is 94.2 cm³/mol. The normalized spacial score (nSPS) is 11.0. The molecule has 0 radical (unpaired) electrons. The Morgan fingerprint density at radius 1 is 0.870 bits per heavy atom. The zero-order valence-corrected chi connectivity index (χ0v) is 12.9. The molecule has 2 aromatic heterocycles. The van der Waals surface area contributed by atoms with Gasteiger partial charge in [0, 0.05) is 22.3 Å². The van der Waals surface area contributed by atoms with Crippen LogP contribution in [-0.4, -0.2) is 15.0 Å². The Hall–Kier alpha value is -2.85. The molecule has 0 aliphatic carbocycles. The van der Waals surface area contributed by atoms with Gasteiger partial charge in [0.15, 0.2) is 5.95 Å². The second kappa shape index (κ2) is 5.41. The van der Waals surface area contributed by atoms with Gasteiger partial charge >= 0.3 is 0 Å². The monoisotopic (exact) mass is 320 g/mol. The van der Waals surface area contributed by atoms with Crippen LogP contribution >= 0.6 is 11.6 Å². The summed E-state index contributed by atoms with van der Waals surface area (Å²) in [7, 11) is 0. The van der Waals surface area contributed by atoms with Gasteiger partial charge < -0.3 is 10.7 Å². The zero-order valence-electron chi connectivity index (χ0n) is 12.1. The van der Waals surface area contributed by atoms with Crippen LogP contribution in [0.15, 0.2) is 60.8 Å². The second-order valence-corrected chi connectivity index (χ2v) is 5.73. The van der Waals surface area contributed by atoms with Gasteiger partial charge in [0.2, 0.25) is 0 Å². The van der Waals surface area contributed by atoms with E-state index in [4.69, 9.17) is 17.3 Å². The maximum Gasteiger partial charge on any atom is 0.198 e. The van der Waals surface area contributed by atoms with Crippen molar-refractivity contribution in [3.05, 3.63) is 65.8 Å². The Morgan fingerprint density at radius 2 is 1.61 bits per heavy atom. The van der Waals surface area contributed by atoms with Crippen LogP contribution in [0.5, 0.6) is 0 Å². The number of aromatic amines is 1. The van der Waals surface area contributed by atoms with Gasteiger partial charge in [-0.1, -0.05) is 35.9 Å². The summed E-state index contributed by atoms with van der Waals surface area (Å²) in [6, 6.07) is 17.7. The van der Waals surface area contributed by atoms with E-state index in [2.05, 4.69) is 21.0 Å². The molecule has 4 aromatic rings. The molecule has 3 N–H and O–H groups in total. The number of pyridine rings is 1. The summed E-state index contributed by atoms with van der Waals surface area (Å²) in [6.07, 6.45) is 1.87. The second-order valence-electron chi connectivity index (χ2n) is 5.29. The van der Waals surface area contributed by atoms with E-state index in [0.29, 0.717) is 5.95 Å². The van der Waals surface area contributed by atoms with Gasteiger partial charge in [-0.2, -0.15) is 0 Å². The van der Waals surface area contributed by atoms with Crippen molar-refractivity contribution in [3.8, 4) is 22.4 Å². The van der Waals surface area contributed by atoms with Gasteiger partial charge in [0.05, 0.1) is 16.7 Å². The van der Waals surface area contributed by atoms with Gasteiger partial charge in [0.1, 0.15) is 0 Å². The highest BCUT2D eigenvalue weighted by Crippen LogP contribution is 2.25. The highest BCUT2D eigenvalue weighted by molar-refractivity contribution is 6.30. The number of hydrogen-bond donors (Lipinski definition) is 2. The van der Waals surface area contributed by atoms with Crippen molar-refractivity contribution in [1.82, 2.24) is 15.0 Å². The Balaban J connectivity index is 1.69. The first kappa shape index (κ1) is 13.8. The number of anilines is 1. The number of nitrogens with two attached hydrogens (primary N) is 1. The quantitative estimate of drug-likeness (QED) is 0.570. The number of aromatic nitrogens is 3. The minimum atomic E-state index is 0.420. The molecular formula is C18H13ClN4. The van der Waals surface area contributed by atoms with Crippen LogP contribution < -0.4 is 5.73 Å². The maximum absolute atomic E-state index is 5.92. The Morgan fingerprint density at radius 3 is 2.35 bits per heavy atom. The van der Waals surface area contributed by atoms with Gasteiger partial charge in [-0.15, -0.1) is 0 Å². The lowest BCUT2D eigenvalue weighted by Gasteiger charge is -2.04. The molecule has 0 atom stereocenters. The molecule has 2 heterocycles. The number of nitrogens with one attached hydrogen (secondary N) is 1. The van der Waals surface area contributed by atoms with E-state index in [1.165, 1.54) is 0 Å². The average Bonchev–Trinajstić information content (AvgIpc) is 2.95. The van der Waals surface area contributed by atoms with Crippen LogP contribution in [0.4, 0.5) is 5.95 Å². The van der Waals surface area contributed by atoms with Crippen molar-refractivity contribution in [3.63, 3.8) is 0 Å². The van der Waals surface area contributed by atoms with Crippen LogP contribution in [0.1, 0.15) is 0 Å². The zero-order chi connectivity index (χ0) is 15.8. The molecule has 0 fully saturated rings. The standard InChI is InChI=1S/C18H13ClN4/c19-14-5-1-11(2-6-14)13-4-7-15(21-10-13)12-3-8-16-17(9-12)23-18(20)22-16/h1-10H,(H3,20,22,23). The van der Waals surface area contributed by atoms with Crippen molar-refractivity contribution in [2.75, 3.05) is 5.73 Å². The predicted octanol–water partition coefficient (Wildman–Crippen LogP) is 4.53. The van der Waals surface area contributed by atoms with Gasteiger partial charge in [-0.25, -0.2) is 4.98 Å². The molecule has 0 saturated heterocycles. The molecule has 0 amide bonds. The lowest BCUT2D eigenvalue weighted by Crippen LogP contribution is -1.85. The largest absolute Gasteiger partial charge is 0.369 e. The Bertz CT molecular complexity index is 972. The molecule has 4 nitrogen and oxygen atoms in total. The Labute approximate surface area is 138 Å².